The highest BCUT2D eigenvalue weighted by Crippen LogP contribution is 2.31. The van der Waals surface area contributed by atoms with Crippen molar-refractivity contribution in [1.82, 2.24) is 19.8 Å². The van der Waals surface area contributed by atoms with Crippen molar-refractivity contribution in [2.75, 3.05) is 32.7 Å². The van der Waals surface area contributed by atoms with E-state index < -0.39 is 0 Å². The number of aromatic nitrogens is 2. The molecule has 1 N–H and O–H groups in total. The molecule has 1 fully saturated rings. The van der Waals surface area contributed by atoms with Crippen molar-refractivity contribution in [3.63, 3.8) is 0 Å². The van der Waals surface area contributed by atoms with Gasteiger partial charge in [0.15, 0.2) is 5.78 Å². The van der Waals surface area contributed by atoms with E-state index in [-0.39, 0.29) is 5.78 Å². The molecule has 0 bridgehead atoms. The fourth-order valence-corrected chi connectivity index (χ4v) is 4.36. The van der Waals surface area contributed by atoms with Gasteiger partial charge < -0.3 is 4.98 Å². The van der Waals surface area contributed by atoms with Crippen molar-refractivity contribution in [2.24, 2.45) is 0 Å². The number of Topliss-reactive ketones (excluding diaryl/α,β-unsaturated/α-hetero) is 1. The van der Waals surface area contributed by atoms with E-state index in [0.29, 0.717) is 6.54 Å². The number of pyridine rings is 1. The molecule has 5 heteroatoms. The van der Waals surface area contributed by atoms with Gasteiger partial charge in [0.05, 0.1) is 23.5 Å². The first-order chi connectivity index (χ1) is 15.3. The number of carbonyl (C=O) groups is 1. The minimum Gasteiger partial charge on any atom is -0.354 e. The van der Waals surface area contributed by atoms with Crippen LogP contribution in [0.15, 0.2) is 79.0 Å². The number of benzene rings is 2. The summed E-state index contributed by atoms with van der Waals surface area (Å²) in [7, 11) is 0. The van der Waals surface area contributed by atoms with E-state index in [1.807, 2.05) is 60.8 Å². The van der Waals surface area contributed by atoms with E-state index in [4.69, 9.17) is 0 Å². The minimum absolute atomic E-state index is 0.175. The molecule has 5 nitrogen and oxygen atoms in total. The normalized spacial score (nSPS) is 15.4. The van der Waals surface area contributed by atoms with Crippen LogP contribution in [0.25, 0.3) is 22.2 Å². The summed E-state index contributed by atoms with van der Waals surface area (Å²) in [6.45, 7) is 4.98. The van der Waals surface area contributed by atoms with Gasteiger partial charge in [0.25, 0.3) is 0 Å². The van der Waals surface area contributed by atoms with Crippen LogP contribution in [-0.4, -0.2) is 58.3 Å². The monoisotopic (exact) mass is 410 g/mol. The van der Waals surface area contributed by atoms with E-state index in [0.717, 1.165) is 66.1 Å². The molecular weight excluding hydrogens is 384 g/mol. The predicted molar refractivity (Wildman–Crippen MR) is 124 cm³/mol. The number of aromatic amines is 1. The van der Waals surface area contributed by atoms with Crippen LogP contribution in [0.4, 0.5) is 0 Å². The Kier molecular flexibility index (Phi) is 5.61. The molecule has 0 saturated carbocycles. The number of nitrogens with zero attached hydrogens (tertiary/aromatic N) is 3. The highest BCUT2D eigenvalue weighted by atomic mass is 16.1. The van der Waals surface area contributed by atoms with E-state index in [2.05, 4.69) is 38.0 Å². The van der Waals surface area contributed by atoms with Gasteiger partial charge in [0, 0.05) is 49.8 Å². The molecule has 5 rings (SSSR count). The summed E-state index contributed by atoms with van der Waals surface area (Å²) in [4.78, 5) is 26.1. The van der Waals surface area contributed by atoms with Crippen molar-refractivity contribution in [2.45, 2.75) is 6.54 Å². The molecule has 0 unspecified atom stereocenters. The number of H-pyrrole nitrogens is 1. The van der Waals surface area contributed by atoms with E-state index in [1.165, 1.54) is 0 Å². The summed E-state index contributed by atoms with van der Waals surface area (Å²) < 4.78 is 0. The molecular formula is C26H26N4O. The molecule has 1 aliphatic rings. The van der Waals surface area contributed by atoms with Crippen molar-refractivity contribution in [3.05, 3.63) is 90.3 Å². The molecule has 0 amide bonds. The third-order valence-corrected chi connectivity index (χ3v) is 5.99. The molecule has 0 spiro atoms. The number of fused-ring (bicyclic) bond motifs is 1. The second kappa shape index (κ2) is 8.84. The average Bonchev–Trinajstić information content (AvgIpc) is 3.21. The third kappa shape index (κ3) is 4.29. The maximum absolute atomic E-state index is 13.5. The maximum atomic E-state index is 13.5. The number of piperazine rings is 1. The first kappa shape index (κ1) is 19.7. The molecule has 156 valence electrons. The van der Waals surface area contributed by atoms with Crippen LogP contribution in [0, 0.1) is 0 Å². The predicted octanol–water partition coefficient (Wildman–Crippen LogP) is 4.23. The van der Waals surface area contributed by atoms with Gasteiger partial charge in [0.2, 0.25) is 0 Å². The average molecular weight is 411 g/mol. The first-order valence-electron chi connectivity index (χ1n) is 10.8. The molecule has 1 saturated heterocycles. The molecule has 0 aliphatic carbocycles. The lowest BCUT2D eigenvalue weighted by molar-refractivity contribution is 0.0844. The zero-order valence-corrected chi connectivity index (χ0v) is 17.5. The van der Waals surface area contributed by atoms with Crippen molar-refractivity contribution >= 4 is 16.7 Å². The Balaban J connectivity index is 1.31. The highest BCUT2D eigenvalue weighted by Gasteiger charge is 2.24. The fraction of sp³-hybridized carbons (Fsp3) is 0.231. The van der Waals surface area contributed by atoms with Crippen molar-refractivity contribution < 1.29 is 4.79 Å². The van der Waals surface area contributed by atoms with Gasteiger partial charge in [-0.2, -0.15) is 0 Å². The second-order valence-electron chi connectivity index (χ2n) is 8.08. The molecule has 2 aromatic heterocycles. The number of hydrogen-bond acceptors (Lipinski definition) is 4. The summed E-state index contributed by atoms with van der Waals surface area (Å²) in [5.41, 5.74) is 4.86. The van der Waals surface area contributed by atoms with Gasteiger partial charge >= 0.3 is 0 Å². The van der Waals surface area contributed by atoms with Gasteiger partial charge in [0.1, 0.15) is 0 Å². The van der Waals surface area contributed by atoms with Crippen LogP contribution in [-0.2, 0) is 6.54 Å². The molecule has 3 heterocycles. The van der Waals surface area contributed by atoms with Crippen molar-refractivity contribution in [1.29, 1.82) is 0 Å². The number of carbonyl (C=O) groups excluding carboxylic acids is 1. The molecule has 0 atom stereocenters. The van der Waals surface area contributed by atoms with Crippen LogP contribution < -0.4 is 0 Å². The Hall–Kier alpha value is -3.28. The molecule has 4 aromatic rings. The largest absolute Gasteiger partial charge is 0.354 e. The zero-order chi connectivity index (χ0) is 21.0. The van der Waals surface area contributed by atoms with Crippen LogP contribution in [0.5, 0.6) is 0 Å². The minimum atomic E-state index is 0.175. The topological polar surface area (TPSA) is 52.2 Å². The summed E-state index contributed by atoms with van der Waals surface area (Å²) >= 11 is 0. The molecule has 2 aromatic carbocycles. The van der Waals surface area contributed by atoms with Gasteiger partial charge in [-0.3, -0.25) is 19.6 Å². The molecule has 0 radical (unpaired) electrons. The Labute approximate surface area is 182 Å². The lowest BCUT2D eigenvalue weighted by atomic mass is 10.0. The quantitative estimate of drug-likeness (QED) is 0.483. The van der Waals surface area contributed by atoms with Crippen LogP contribution in [0.3, 0.4) is 0 Å². The Morgan fingerprint density at radius 1 is 0.839 bits per heavy atom. The number of hydrogen-bond donors (Lipinski definition) is 1. The van der Waals surface area contributed by atoms with E-state index in [1.54, 1.807) is 0 Å². The number of rotatable bonds is 6. The Bertz CT molecular complexity index is 1160. The summed E-state index contributed by atoms with van der Waals surface area (Å²) in [6.07, 6.45) is 1.84. The first-order valence-corrected chi connectivity index (χ1v) is 10.8. The molecule has 1 aliphatic heterocycles. The van der Waals surface area contributed by atoms with Crippen molar-refractivity contribution in [3.8, 4) is 11.3 Å². The fourth-order valence-electron chi connectivity index (χ4n) is 4.36. The Morgan fingerprint density at radius 2 is 1.55 bits per heavy atom. The summed E-state index contributed by atoms with van der Waals surface area (Å²) in [6, 6.07) is 24.2. The smallest absolute Gasteiger partial charge is 0.179 e. The summed E-state index contributed by atoms with van der Waals surface area (Å²) in [5.74, 6) is 0.175. The maximum Gasteiger partial charge on any atom is 0.179 e. The third-order valence-electron chi connectivity index (χ3n) is 5.99. The Morgan fingerprint density at radius 3 is 2.32 bits per heavy atom. The van der Waals surface area contributed by atoms with Crippen LogP contribution in [0.2, 0.25) is 0 Å². The van der Waals surface area contributed by atoms with Gasteiger partial charge in [-0.25, -0.2) is 0 Å². The van der Waals surface area contributed by atoms with Gasteiger partial charge in [-0.15, -0.1) is 0 Å². The summed E-state index contributed by atoms with van der Waals surface area (Å²) in [5, 5.41) is 1.00. The van der Waals surface area contributed by atoms with E-state index in [9.17, 15) is 4.79 Å². The number of nitrogens with one attached hydrogen (secondary N) is 1. The lowest BCUT2D eigenvalue weighted by Gasteiger charge is -2.34. The standard InChI is InChI=1S/C26H26N4O/c31-24(19-30-16-14-29(15-17-30)18-21-10-6-7-13-27-21)25-22-11-4-5-12-23(22)28-26(25)20-8-2-1-3-9-20/h1-13,28H,14-19H2. The van der Waals surface area contributed by atoms with Crippen LogP contribution >= 0.6 is 0 Å². The second-order valence-corrected chi connectivity index (χ2v) is 8.08. The van der Waals surface area contributed by atoms with Gasteiger partial charge in [-0.05, 0) is 23.8 Å². The van der Waals surface area contributed by atoms with Gasteiger partial charge in [-0.1, -0.05) is 54.6 Å². The highest BCUT2D eigenvalue weighted by molar-refractivity contribution is 6.14. The number of para-hydroxylation sites is 1. The lowest BCUT2D eigenvalue weighted by Crippen LogP contribution is -2.47. The zero-order valence-electron chi connectivity index (χ0n) is 17.5. The van der Waals surface area contributed by atoms with E-state index >= 15 is 0 Å². The van der Waals surface area contributed by atoms with Crippen LogP contribution in [0.1, 0.15) is 16.1 Å². The SMILES string of the molecule is O=C(CN1CCN(Cc2ccccn2)CC1)c1c(-c2ccccc2)[nH]c2ccccc12. The number of ketones is 1. The molecule has 31 heavy (non-hydrogen) atoms.